The molecular formula is C23H25ClN2O5. The smallest absolute Gasteiger partial charge is 0.295 e. The first-order valence-electron chi connectivity index (χ1n) is 9.69. The van der Waals surface area contributed by atoms with Crippen LogP contribution < -0.4 is 9.47 Å². The molecule has 2 aromatic rings. The summed E-state index contributed by atoms with van der Waals surface area (Å²) in [4.78, 5) is 29.3. The summed E-state index contributed by atoms with van der Waals surface area (Å²) in [5.41, 5.74) is 1.06. The standard InChI is InChI=1S/C23H25ClN2O5/c1-25(2)11-12-26-20(15-7-10-17(30-3)18(13-15)31-4)19(22(28)23(26)29)21(27)14-5-8-16(24)9-6-14/h5-10,13,20,27H,11-12H2,1-4H3/t20-/m1/s1. The average molecular weight is 445 g/mol. The number of likely N-dealkylation sites (N-methyl/N-ethyl adjacent to an activating group) is 1. The normalized spacial score (nSPS) is 18.0. The zero-order valence-corrected chi connectivity index (χ0v) is 18.6. The summed E-state index contributed by atoms with van der Waals surface area (Å²) >= 11 is 5.95. The van der Waals surface area contributed by atoms with Gasteiger partial charge in [0.15, 0.2) is 11.5 Å². The van der Waals surface area contributed by atoms with Crippen LogP contribution in [0.2, 0.25) is 5.02 Å². The summed E-state index contributed by atoms with van der Waals surface area (Å²) in [6, 6.07) is 10.9. The number of halogens is 1. The van der Waals surface area contributed by atoms with E-state index in [1.807, 2.05) is 19.0 Å². The molecule has 0 bridgehead atoms. The van der Waals surface area contributed by atoms with Crippen molar-refractivity contribution in [3.63, 3.8) is 0 Å². The number of aliphatic hydroxyl groups is 1. The van der Waals surface area contributed by atoms with Crippen molar-refractivity contribution >= 4 is 29.1 Å². The summed E-state index contributed by atoms with van der Waals surface area (Å²) in [6.07, 6.45) is 0. The number of ketones is 1. The van der Waals surface area contributed by atoms with E-state index in [1.54, 1.807) is 42.5 Å². The molecule has 31 heavy (non-hydrogen) atoms. The first-order chi connectivity index (χ1) is 14.8. The molecule has 1 N–H and O–H groups in total. The van der Waals surface area contributed by atoms with Crippen LogP contribution in [0.4, 0.5) is 0 Å². The first kappa shape index (κ1) is 22.7. The number of methoxy groups -OCH3 is 2. The summed E-state index contributed by atoms with van der Waals surface area (Å²) < 4.78 is 10.7. The lowest BCUT2D eigenvalue weighted by Crippen LogP contribution is -2.35. The van der Waals surface area contributed by atoms with E-state index < -0.39 is 17.7 Å². The molecule has 1 saturated heterocycles. The Balaban J connectivity index is 2.18. The fourth-order valence-electron chi connectivity index (χ4n) is 3.55. The lowest BCUT2D eigenvalue weighted by atomic mass is 9.95. The van der Waals surface area contributed by atoms with Gasteiger partial charge in [0.05, 0.1) is 25.8 Å². The minimum absolute atomic E-state index is 0.0262. The summed E-state index contributed by atoms with van der Waals surface area (Å²) in [7, 11) is 6.81. The van der Waals surface area contributed by atoms with Crippen LogP contribution in [0, 0.1) is 0 Å². The molecule has 1 heterocycles. The number of hydrogen-bond donors (Lipinski definition) is 1. The predicted molar refractivity (Wildman–Crippen MR) is 119 cm³/mol. The average Bonchev–Trinajstić information content (AvgIpc) is 3.01. The van der Waals surface area contributed by atoms with Crippen molar-refractivity contribution in [2.45, 2.75) is 6.04 Å². The van der Waals surface area contributed by atoms with Crippen molar-refractivity contribution in [3.8, 4) is 11.5 Å². The highest BCUT2D eigenvalue weighted by Crippen LogP contribution is 2.41. The third-order valence-electron chi connectivity index (χ3n) is 5.17. The number of Topliss-reactive ketones (excluding diaryl/α,β-unsaturated/α-hetero) is 1. The Morgan fingerprint density at radius 1 is 1.06 bits per heavy atom. The zero-order valence-electron chi connectivity index (χ0n) is 17.9. The topological polar surface area (TPSA) is 79.3 Å². The minimum Gasteiger partial charge on any atom is -0.507 e. The number of rotatable bonds is 7. The van der Waals surface area contributed by atoms with Crippen LogP contribution in [0.25, 0.3) is 5.76 Å². The maximum absolute atomic E-state index is 13.0. The number of hydrogen-bond acceptors (Lipinski definition) is 6. The molecule has 8 heteroatoms. The van der Waals surface area contributed by atoms with Gasteiger partial charge in [-0.05, 0) is 56.1 Å². The molecule has 164 valence electrons. The fourth-order valence-corrected chi connectivity index (χ4v) is 3.68. The third-order valence-corrected chi connectivity index (χ3v) is 5.42. The Labute approximate surface area is 186 Å². The summed E-state index contributed by atoms with van der Waals surface area (Å²) in [5.74, 6) is -0.649. The molecule has 0 aliphatic carbocycles. The van der Waals surface area contributed by atoms with Gasteiger partial charge in [-0.25, -0.2) is 0 Å². The maximum Gasteiger partial charge on any atom is 0.295 e. The Bertz CT molecular complexity index is 1020. The highest BCUT2D eigenvalue weighted by atomic mass is 35.5. The molecule has 2 aromatic carbocycles. The molecule has 0 unspecified atom stereocenters. The van der Waals surface area contributed by atoms with Crippen molar-refractivity contribution in [1.82, 2.24) is 9.80 Å². The highest BCUT2D eigenvalue weighted by molar-refractivity contribution is 6.46. The van der Waals surface area contributed by atoms with Crippen molar-refractivity contribution < 1.29 is 24.2 Å². The molecule has 0 spiro atoms. The maximum atomic E-state index is 13.0. The number of carbonyl (C=O) groups excluding carboxylic acids is 2. The quantitative estimate of drug-likeness (QED) is 0.401. The van der Waals surface area contributed by atoms with Gasteiger partial charge in [-0.1, -0.05) is 17.7 Å². The number of carbonyl (C=O) groups is 2. The second kappa shape index (κ2) is 9.41. The van der Waals surface area contributed by atoms with Crippen molar-refractivity contribution in [2.24, 2.45) is 0 Å². The highest BCUT2D eigenvalue weighted by Gasteiger charge is 2.46. The summed E-state index contributed by atoms with van der Waals surface area (Å²) in [6.45, 7) is 0.867. The number of amides is 1. The second-order valence-electron chi connectivity index (χ2n) is 7.42. The molecule has 1 atom stereocenters. The van der Waals surface area contributed by atoms with Crippen LogP contribution in [-0.2, 0) is 9.59 Å². The number of ether oxygens (including phenoxy) is 2. The number of benzene rings is 2. The molecule has 1 aliphatic heterocycles. The van der Waals surface area contributed by atoms with E-state index in [9.17, 15) is 14.7 Å². The van der Waals surface area contributed by atoms with E-state index >= 15 is 0 Å². The molecule has 7 nitrogen and oxygen atoms in total. The molecule has 1 aliphatic rings. The Morgan fingerprint density at radius 2 is 1.71 bits per heavy atom. The van der Waals surface area contributed by atoms with Gasteiger partial charge in [-0.3, -0.25) is 9.59 Å². The Hall–Kier alpha value is -3.03. The molecule has 0 radical (unpaired) electrons. The molecule has 1 fully saturated rings. The fraction of sp³-hybridized carbons (Fsp3) is 0.304. The van der Waals surface area contributed by atoms with E-state index in [0.29, 0.717) is 40.7 Å². The van der Waals surface area contributed by atoms with Crippen molar-refractivity contribution in [3.05, 3.63) is 64.2 Å². The van der Waals surface area contributed by atoms with Crippen LogP contribution >= 0.6 is 11.6 Å². The lowest BCUT2D eigenvalue weighted by molar-refractivity contribution is -0.140. The van der Waals surface area contributed by atoms with Gasteiger partial charge in [-0.15, -0.1) is 0 Å². The monoisotopic (exact) mass is 444 g/mol. The van der Waals surface area contributed by atoms with Gasteiger partial charge in [0, 0.05) is 23.7 Å². The Kier molecular flexibility index (Phi) is 6.87. The van der Waals surface area contributed by atoms with Crippen molar-refractivity contribution in [1.29, 1.82) is 0 Å². The van der Waals surface area contributed by atoms with Crippen LogP contribution in [0.15, 0.2) is 48.0 Å². The van der Waals surface area contributed by atoms with Crippen molar-refractivity contribution in [2.75, 3.05) is 41.4 Å². The van der Waals surface area contributed by atoms with Gasteiger partial charge in [0.2, 0.25) is 0 Å². The molecule has 0 saturated carbocycles. The van der Waals surface area contributed by atoms with Gasteiger partial charge in [0.1, 0.15) is 5.76 Å². The van der Waals surface area contributed by atoms with Gasteiger partial charge < -0.3 is 24.4 Å². The van der Waals surface area contributed by atoms with E-state index in [-0.39, 0.29) is 11.3 Å². The van der Waals surface area contributed by atoms with Crippen LogP contribution in [0.1, 0.15) is 17.2 Å². The molecule has 1 amide bonds. The van der Waals surface area contributed by atoms with Crippen LogP contribution in [0.3, 0.4) is 0 Å². The van der Waals surface area contributed by atoms with Gasteiger partial charge >= 0.3 is 0 Å². The Morgan fingerprint density at radius 3 is 2.29 bits per heavy atom. The number of aliphatic hydroxyl groups excluding tert-OH is 1. The number of nitrogens with zero attached hydrogens (tertiary/aromatic N) is 2. The molecule has 3 rings (SSSR count). The first-order valence-corrected chi connectivity index (χ1v) is 10.1. The van der Waals surface area contributed by atoms with E-state index in [0.717, 1.165) is 0 Å². The third kappa shape index (κ3) is 4.52. The zero-order chi connectivity index (χ0) is 22.7. The molecule has 0 aromatic heterocycles. The predicted octanol–water partition coefficient (Wildman–Crippen LogP) is 3.34. The summed E-state index contributed by atoms with van der Waals surface area (Å²) in [5, 5.41) is 11.5. The second-order valence-corrected chi connectivity index (χ2v) is 7.85. The minimum atomic E-state index is -0.768. The van der Waals surface area contributed by atoms with Crippen LogP contribution in [0.5, 0.6) is 11.5 Å². The molecular weight excluding hydrogens is 420 g/mol. The number of likely N-dealkylation sites (tertiary alicyclic amines) is 1. The lowest BCUT2D eigenvalue weighted by Gasteiger charge is -2.27. The SMILES string of the molecule is COc1ccc([C@@H]2C(=C(O)c3ccc(Cl)cc3)C(=O)C(=O)N2CCN(C)C)cc1OC. The van der Waals surface area contributed by atoms with Gasteiger partial charge in [-0.2, -0.15) is 0 Å². The van der Waals surface area contributed by atoms with E-state index in [2.05, 4.69) is 0 Å². The van der Waals surface area contributed by atoms with E-state index in [4.69, 9.17) is 21.1 Å². The van der Waals surface area contributed by atoms with E-state index in [1.165, 1.54) is 19.1 Å². The van der Waals surface area contributed by atoms with Crippen LogP contribution in [-0.4, -0.2) is 68.0 Å². The largest absolute Gasteiger partial charge is 0.507 e. The van der Waals surface area contributed by atoms with Gasteiger partial charge in [0.25, 0.3) is 11.7 Å².